The summed E-state index contributed by atoms with van der Waals surface area (Å²) in [5, 5.41) is 0. The van der Waals surface area contributed by atoms with Gasteiger partial charge in [0.05, 0.1) is 0 Å². The zero-order chi connectivity index (χ0) is 14.8. The molecule has 0 atom stereocenters. The molecule has 1 saturated carbocycles. The van der Waals surface area contributed by atoms with Crippen LogP contribution in [0.5, 0.6) is 0 Å². The van der Waals surface area contributed by atoms with Crippen LogP contribution in [0.2, 0.25) is 0 Å². The van der Waals surface area contributed by atoms with E-state index in [9.17, 15) is 4.39 Å². The molecule has 1 fully saturated rings. The van der Waals surface area contributed by atoms with E-state index in [-0.39, 0.29) is 5.82 Å². The minimum Gasteiger partial charge on any atom is -0.326 e. The van der Waals surface area contributed by atoms with Crippen molar-refractivity contribution < 1.29 is 4.39 Å². The molecule has 0 bridgehead atoms. The van der Waals surface area contributed by atoms with Crippen LogP contribution in [-0.4, -0.2) is 18.0 Å². The van der Waals surface area contributed by atoms with Gasteiger partial charge >= 0.3 is 0 Å². The SMILES string of the molecule is CN(Cc1ccc(F)cc1CN)C1CCC(C)(C)CC1. The first-order chi connectivity index (χ1) is 9.41. The first-order valence-electron chi connectivity index (χ1n) is 7.59. The molecule has 3 heteroatoms. The minimum atomic E-state index is -0.198. The van der Waals surface area contributed by atoms with Gasteiger partial charge in [-0.1, -0.05) is 19.9 Å². The van der Waals surface area contributed by atoms with Crippen LogP contribution < -0.4 is 5.73 Å². The molecule has 2 nitrogen and oxygen atoms in total. The van der Waals surface area contributed by atoms with Gasteiger partial charge in [-0.2, -0.15) is 0 Å². The van der Waals surface area contributed by atoms with E-state index < -0.39 is 0 Å². The molecule has 112 valence electrons. The average Bonchev–Trinajstić information content (AvgIpc) is 2.40. The highest BCUT2D eigenvalue weighted by Crippen LogP contribution is 2.36. The van der Waals surface area contributed by atoms with Crippen molar-refractivity contribution in [3.63, 3.8) is 0 Å². The van der Waals surface area contributed by atoms with E-state index in [2.05, 4.69) is 25.8 Å². The highest BCUT2D eigenvalue weighted by atomic mass is 19.1. The van der Waals surface area contributed by atoms with E-state index in [1.165, 1.54) is 31.7 Å². The van der Waals surface area contributed by atoms with Crippen LogP contribution in [-0.2, 0) is 13.1 Å². The van der Waals surface area contributed by atoms with Crippen LogP contribution in [0.25, 0.3) is 0 Å². The maximum absolute atomic E-state index is 13.2. The fraction of sp³-hybridized carbons (Fsp3) is 0.647. The summed E-state index contributed by atoms with van der Waals surface area (Å²) in [5.74, 6) is -0.198. The Morgan fingerprint density at radius 1 is 1.25 bits per heavy atom. The number of nitrogens with zero attached hydrogens (tertiary/aromatic N) is 1. The normalized spacial score (nSPS) is 19.5. The lowest BCUT2D eigenvalue weighted by Gasteiger charge is -2.38. The molecule has 1 aromatic carbocycles. The number of halogens is 1. The number of rotatable bonds is 4. The van der Waals surface area contributed by atoms with E-state index in [1.807, 2.05) is 6.07 Å². The Kier molecular flexibility index (Phi) is 4.82. The van der Waals surface area contributed by atoms with Gasteiger partial charge in [-0.15, -0.1) is 0 Å². The molecule has 0 aliphatic heterocycles. The zero-order valence-electron chi connectivity index (χ0n) is 13.0. The van der Waals surface area contributed by atoms with E-state index >= 15 is 0 Å². The van der Waals surface area contributed by atoms with E-state index in [0.29, 0.717) is 18.0 Å². The summed E-state index contributed by atoms with van der Waals surface area (Å²) in [6, 6.07) is 5.61. The molecule has 0 unspecified atom stereocenters. The third-order valence-corrected chi connectivity index (χ3v) is 4.74. The number of benzene rings is 1. The zero-order valence-corrected chi connectivity index (χ0v) is 13.0. The molecule has 2 N–H and O–H groups in total. The molecular formula is C17H27FN2. The molecule has 0 radical (unpaired) electrons. The fourth-order valence-electron chi connectivity index (χ4n) is 3.16. The van der Waals surface area contributed by atoms with Crippen molar-refractivity contribution in [2.75, 3.05) is 7.05 Å². The van der Waals surface area contributed by atoms with Gasteiger partial charge in [0, 0.05) is 19.1 Å². The largest absolute Gasteiger partial charge is 0.326 e. The summed E-state index contributed by atoms with van der Waals surface area (Å²) >= 11 is 0. The molecule has 0 heterocycles. The van der Waals surface area contributed by atoms with Gasteiger partial charge in [-0.05, 0) is 61.4 Å². The predicted molar refractivity (Wildman–Crippen MR) is 81.8 cm³/mol. The van der Waals surface area contributed by atoms with Gasteiger partial charge in [-0.25, -0.2) is 4.39 Å². The molecular weight excluding hydrogens is 251 g/mol. The Morgan fingerprint density at radius 2 is 1.90 bits per heavy atom. The molecule has 1 aliphatic rings. The lowest BCUT2D eigenvalue weighted by molar-refractivity contribution is 0.123. The van der Waals surface area contributed by atoms with Crippen molar-refractivity contribution in [1.29, 1.82) is 0 Å². The average molecular weight is 278 g/mol. The van der Waals surface area contributed by atoms with Crippen molar-refractivity contribution in [3.8, 4) is 0 Å². The quantitative estimate of drug-likeness (QED) is 0.910. The second-order valence-electron chi connectivity index (χ2n) is 6.93. The van der Waals surface area contributed by atoms with Crippen LogP contribution in [0, 0.1) is 11.2 Å². The Labute approximate surface area is 122 Å². The van der Waals surface area contributed by atoms with E-state index in [0.717, 1.165) is 17.7 Å². The number of hydrogen-bond donors (Lipinski definition) is 1. The summed E-state index contributed by atoms with van der Waals surface area (Å²) < 4.78 is 13.2. The Hall–Kier alpha value is -0.930. The number of hydrogen-bond acceptors (Lipinski definition) is 2. The van der Waals surface area contributed by atoms with Crippen LogP contribution in [0.4, 0.5) is 4.39 Å². The van der Waals surface area contributed by atoms with Gasteiger partial charge < -0.3 is 5.73 Å². The summed E-state index contributed by atoms with van der Waals surface area (Å²) in [6.07, 6.45) is 5.08. The fourth-order valence-corrected chi connectivity index (χ4v) is 3.16. The molecule has 1 aromatic rings. The molecule has 0 aromatic heterocycles. The van der Waals surface area contributed by atoms with Gasteiger partial charge in [0.2, 0.25) is 0 Å². The van der Waals surface area contributed by atoms with Crippen molar-refractivity contribution >= 4 is 0 Å². The summed E-state index contributed by atoms with van der Waals surface area (Å²) in [6.45, 7) is 5.97. The van der Waals surface area contributed by atoms with Gasteiger partial charge in [0.1, 0.15) is 5.82 Å². The second kappa shape index (κ2) is 6.23. The maximum atomic E-state index is 13.2. The standard InChI is InChI=1S/C17H27FN2/c1-17(2)8-6-16(7-9-17)20(3)12-13-4-5-15(18)10-14(13)11-19/h4-5,10,16H,6-9,11-12,19H2,1-3H3. The first kappa shape index (κ1) is 15.5. The lowest BCUT2D eigenvalue weighted by atomic mass is 9.75. The Morgan fingerprint density at radius 3 is 2.50 bits per heavy atom. The lowest BCUT2D eigenvalue weighted by Crippen LogP contribution is -2.37. The van der Waals surface area contributed by atoms with Gasteiger partial charge in [0.15, 0.2) is 0 Å². The third-order valence-electron chi connectivity index (χ3n) is 4.74. The number of nitrogens with two attached hydrogens (primary N) is 1. The molecule has 0 spiro atoms. The highest BCUT2D eigenvalue weighted by molar-refractivity contribution is 5.27. The summed E-state index contributed by atoms with van der Waals surface area (Å²) in [7, 11) is 2.17. The molecule has 2 rings (SSSR count). The summed E-state index contributed by atoms with van der Waals surface area (Å²) in [5.41, 5.74) is 8.30. The molecule has 20 heavy (non-hydrogen) atoms. The topological polar surface area (TPSA) is 29.3 Å². The monoisotopic (exact) mass is 278 g/mol. The molecule has 0 amide bonds. The van der Waals surface area contributed by atoms with Crippen molar-refractivity contribution in [3.05, 3.63) is 35.1 Å². The van der Waals surface area contributed by atoms with Gasteiger partial charge in [0.25, 0.3) is 0 Å². The third kappa shape index (κ3) is 3.80. The van der Waals surface area contributed by atoms with Crippen LogP contribution in [0.1, 0.15) is 50.7 Å². The van der Waals surface area contributed by atoms with Crippen molar-refractivity contribution in [1.82, 2.24) is 4.90 Å². The molecule has 0 saturated heterocycles. The predicted octanol–water partition coefficient (Wildman–Crippen LogP) is 3.69. The molecule has 1 aliphatic carbocycles. The van der Waals surface area contributed by atoms with E-state index in [4.69, 9.17) is 5.73 Å². The van der Waals surface area contributed by atoms with Crippen molar-refractivity contribution in [2.24, 2.45) is 11.1 Å². The van der Waals surface area contributed by atoms with Crippen LogP contribution in [0.15, 0.2) is 18.2 Å². The minimum absolute atomic E-state index is 0.198. The maximum Gasteiger partial charge on any atom is 0.123 e. The van der Waals surface area contributed by atoms with Crippen molar-refractivity contribution in [2.45, 2.75) is 58.7 Å². The summed E-state index contributed by atoms with van der Waals surface area (Å²) in [4.78, 5) is 2.40. The second-order valence-corrected chi connectivity index (χ2v) is 6.93. The van der Waals surface area contributed by atoms with Gasteiger partial charge in [-0.3, -0.25) is 4.90 Å². The first-order valence-corrected chi connectivity index (χ1v) is 7.59. The highest BCUT2D eigenvalue weighted by Gasteiger charge is 2.28. The van der Waals surface area contributed by atoms with E-state index in [1.54, 1.807) is 6.07 Å². The smallest absolute Gasteiger partial charge is 0.123 e. The van der Waals surface area contributed by atoms with Crippen LogP contribution in [0.3, 0.4) is 0 Å². The Balaban J connectivity index is 2.00. The van der Waals surface area contributed by atoms with Crippen LogP contribution >= 0.6 is 0 Å². The Bertz CT molecular complexity index is 446.